The minimum Gasteiger partial charge on any atom is -0.370 e. The highest BCUT2D eigenvalue weighted by Gasteiger charge is 2.21. The van der Waals surface area contributed by atoms with E-state index in [2.05, 4.69) is 4.99 Å². The maximum absolute atomic E-state index is 12.2. The molecule has 0 fully saturated rings. The van der Waals surface area contributed by atoms with Crippen molar-refractivity contribution >= 4 is 34.1 Å². The topological polar surface area (TPSA) is 138 Å². The van der Waals surface area contributed by atoms with Crippen molar-refractivity contribution in [2.45, 2.75) is 18.2 Å². The Hall–Kier alpha value is -2.65. The summed E-state index contributed by atoms with van der Waals surface area (Å²) >= 11 is 0. The fourth-order valence-corrected chi connectivity index (χ4v) is 3.23. The molecule has 0 aliphatic carbocycles. The Balaban J connectivity index is 0.00000338. The minimum absolute atomic E-state index is 0. The van der Waals surface area contributed by atoms with Crippen LogP contribution in [0.25, 0.3) is 5.69 Å². The van der Waals surface area contributed by atoms with Gasteiger partial charge in [0.1, 0.15) is 0 Å². The maximum atomic E-state index is 12.2. The summed E-state index contributed by atoms with van der Waals surface area (Å²) in [5, 5.41) is 0. The van der Waals surface area contributed by atoms with Crippen molar-refractivity contribution in [1.82, 2.24) is 4.57 Å². The number of benzene rings is 1. The number of pyridine rings is 1. The molecule has 0 bridgehead atoms. The lowest BCUT2D eigenvalue weighted by Crippen LogP contribution is -2.24. The van der Waals surface area contributed by atoms with Crippen molar-refractivity contribution in [2.75, 3.05) is 6.26 Å². The zero-order valence-corrected chi connectivity index (χ0v) is 15.8. The molecular formula is C16H19ClN4O4S. The normalized spacial score (nSPS) is 10.7. The number of hydrogen-bond donors (Lipinski definition) is 2. The molecule has 0 unspecified atom stereocenters. The second-order valence-corrected chi connectivity index (χ2v) is 7.37. The van der Waals surface area contributed by atoms with Gasteiger partial charge in [0, 0.05) is 36.3 Å². The van der Waals surface area contributed by atoms with Gasteiger partial charge in [0.05, 0.1) is 10.6 Å². The van der Waals surface area contributed by atoms with Gasteiger partial charge in [0.15, 0.2) is 21.2 Å². The molecule has 0 aliphatic heterocycles. The van der Waals surface area contributed by atoms with Gasteiger partial charge < -0.3 is 16.0 Å². The predicted octanol–water partition coefficient (Wildman–Crippen LogP) is 0.639. The number of aliphatic imine (C=N–C) groups is 1. The third-order valence-corrected chi connectivity index (χ3v) is 4.63. The zero-order valence-electron chi connectivity index (χ0n) is 14.2. The monoisotopic (exact) mass is 398 g/mol. The molecule has 1 aromatic carbocycles. The summed E-state index contributed by atoms with van der Waals surface area (Å²) in [4.78, 5) is 26.9. The standard InChI is InChI=1S/C16H18N4O4S.ClH/c1-3-10-8-13(20-6-4-11(21)5-7-20)14(25(2,23)24)9-12(10)15(22)19-16(17)18;/h4-9H,3H2,1-2H3,(H4,17,18,19,22);1H. The number of rotatable bonds is 4. The molecule has 0 saturated heterocycles. The van der Waals surface area contributed by atoms with Gasteiger partial charge in [-0.2, -0.15) is 4.99 Å². The number of halogens is 1. The van der Waals surface area contributed by atoms with Crippen molar-refractivity contribution in [3.63, 3.8) is 0 Å². The van der Waals surface area contributed by atoms with Crippen LogP contribution in [0.1, 0.15) is 22.8 Å². The Labute approximate surface area is 156 Å². The predicted molar refractivity (Wildman–Crippen MR) is 102 cm³/mol. The lowest BCUT2D eigenvalue weighted by atomic mass is 10.0. The van der Waals surface area contributed by atoms with Gasteiger partial charge >= 0.3 is 0 Å². The summed E-state index contributed by atoms with van der Waals surface area (Å²) in [6, 6.07) is 5.47. The summed E-state index contributed by atoms with van der Waals surface area (Å²) in [6.07, 6.45) is 4.42. The molecule has 0 atom stereocenters. The van der Waals surface area contributed by atoms with Gasteiger partial charge in [0.2, 0.25) is 0 Å². The first-order chi connectivity index (χ1) is 11.6. The van der Waals surface area contributed by atoms with Crippen LogP contribution in [0.15, 0.2) is 51.3 Å². The SMILES string of the molecule is CCc1cc(-n2ccc(=O)cc2)c(S(C)(=O)=O)cc1C(=O)N=C(N)N.Cl. The van der Waals surface area contributed by atoms with Crippen LogP contribution in [0.4, 0.5) is 0 Å². The lowest BCUT2D eigenvalue weighted by Gasteiger charge is -2.15. The van der Waals surface area contributed by atoms with E-state index in [1.165, 1.54) is 35.2 Å². The molecule has 2 aromatic rings. The van der Waals surface area contributed by atoms with Crippen LogP contribution < -0.4 is 16.9 Å². The fraction of sp³-hybridized carbons (Fsp3) is 0.188. The third kappa shape index (κ3) is 4.70. The number of carbonyl (C=O) groups excluding carboxylic acids is 1. The van der Waals surface area contributed by atoms with Gasteiger partial charge in [0.25, 0.3) is 5.91 Å². The van der Waals surface area contributed by atoms with E-state index in [0.29, 0.717) is 17.7 Å². The summed E-state index contributed by atoms with van der Waals surface area (Å²) < 4.78 is 25.9. The first kappa shape index (κ1) is 21.4. The van der Waals surface area contributed by atoms with Crippen LogP contribution >= 0.6 is 12.4 Å². The van der Waals surface area contributed by atoms with Crippen molar-refractivity contribution in [3.05, 3.63) is 58.0 Å². The number of carbonyl (C=O) groups is 1. The smallest absolute Gasteiger partial charge is 0.280 e. The summed E-state index contributed by atoms with van der Waals surface area (Å²) in [5.74, 6) is -1.12. The summed E-state index contributed by atoms with van der Waals surface area (Å²) in [7, 11) is -3.66. The summed E-state index contributed by atoms with van der Waals surface area (Å²) in [5.41, 5.74) is 11.3. The van der Waals surface area contributed by atoms with E-state index in [9.17, 15) is 18.0 Å². The first-order valence-corrected chi connectivity index (χ1v) is 9.22. The summed E-state index contributed by atoms with van der Waals surface area (Å²) in [6.45, 7) is 1.82. The van der Waals surface area contributed by atoms with Gasteiger partial charge in [-0.15, -0.1) is 12.4 Å². The van der Waals surface area contributed by atoms with Crippen LogP contribution in [-0.4, -0.2) is 31.1 Å². The molecule has 1 aromatic heterocycles. The minimum atomic E-state index is -3.66. The van der Waals surface area contributed by atoms with Gasteiger partial charge in [-0.1, -0.05) is 6.92 Å². The molecule has 8 nitrogen and oxygen atoms in total. The molecule has 140 valence electrons. The molecule has 0 spiro atoms. The Kier molecular flexibility index (Phi) is 6.71. The highest BCUT2D eigenvalue weighted by Crippen LogP contribution is 2.26. The van der Waals surface area contributed by atoms with Crippen molar-refractivity contribution in [3.8, 4) is 5.69 Å². The van der Waals surface area contributed by atoms with E-state index in [-0.39, 0.29) is 28.3 Å². The lowest BCUT2D eigenvalue weighted by molar-refractivity contribution is 0.100. The molecule has 0 aliphatic rings. The molecule has 2 rings (SSSR count). The van der Waals surface area contributed by atoms with Gasteiger partial charge in [-0.25, -0.2) is 8.42 Å². The first-order valence-electron chi connectivity index (χ1n) is 7.33. The van der Waals surface area contributed by atoms with Gasteiger partial charge in [-0.05, 0) is 24.1 Å². The average molecular weight is 399 g/mol. The number of nitrogens with two attached hydrogens (primary N) is 2. The number of aryl methyl sites for hydroxylation is 1. The van der Waals surface area contributed by atoms with Crippen molar-refractivity contribution in [1.29, 1.82) is 0 Å². The van der Waals surface area contributed by atoms with Crippen LogP contribution in [-0.2, 0) is 16.3 Å². The van der Waals surface area contributed by atoms with E-state index >= 15 is 0 Å². The van der Waals surface area contributed by atoms with E-state index in [0.717, 1.165) is 6.26 Å². The Morgan fingerprint density at radius 3 is 2.23 bits per heavy atom. The molecule has 10 heteroatoms. The van der Waals surface area contributed by atoms with Crippen LogP contribution in [0, 0.1) is 0 Å². The van der Waals surface area contributed by atoms with E-state index in [1.807, 2.05) is 6.92 Å². The highest BCUT2D eigenvalue weighted by atomic mass is 35.5. The fourth-order valence-electron chi connectivity index (χ4n) is 2.35. The van der Waals surface area contributed by atoms with E-state index < -0.39 is 21.7 Å². The second kappa shape index (κ2) is 8.15. The van der Waals surface area contributed by atoms with Crippen LogP contribution in [0.5, 0.6) is 0 Å². The molecule has 1 heterocycles. The van der Waals surface area contributed by atoms with Crippen LogP contribution in [0.2, 0.25) is 0 Å². The zero-order chi connectivity index (χ0) is 18.8. The number of amides is 1. The number of sulfone groups is 1. The van der Waals surface area contributed by atoms with Crippen molar-refractivity contribution in [2.24, 2.45) is 16.5 Å². The Morgan fingerprint density at radius 1 is 1.19 bits per heavy atom. The molecule has 4 N–H and O–H groups in total. The molecular weight excluding hydrogens is 380 g/mol. The van der Waals surface area contributed by atoms with Crippen molar-refractivity contribution < 1.29 is 13.2 Å². The molecule has 0 saturated carbocycles. The molecule has 26 heavy (non-hydrogen) atoms. The number of guanidine groups is 1. The number of aromatic nitrogens is 1. The quantitative estimate of drug-likeness (QED) is 0.572. The van der Waals surface area contributed by atoms with E-state index in [4.69, 9.17) is 11.5 Å². The second-order valence-electron chi connectivity index (χ2n) is 5.39. The Bertz CT molecular complexity index is 1000. The maximum Gasteiger partial charge on any atom is 0.280 e. The largest absolute Gasteiger partial charge is 0.370 e. The number of nitrogens with zero attached hydrogens (tertiary/aromatic N) is 2. The van der Waals surface area contributed by atoms with Crippen LogP contribution in [0.3, 0.4) is 0 Å². The Morgan fingerprint density at radius 2 is 1.77 bits per heavy atom. The van der Waals surface area contributed by atoms with E-state index in [1.54, 1.807) is 6.07 Å². The van der Waals surface area contributed by atoms with Gasteiger partial charge in [-0.3, -0.25) is 9.59 Å². The average Bonchev–Trinajstić information content (AvgIpc) is 2.52. The number of hydrogen-bond acceptors (Lipinski definition) is 4. The molecule has 0 radical (unpaired) electrons. The highest BCUT2D eigenvalue weighted by molar-refractivity contribution is 7.90. The third-order valence-electron chi connectivity index (χ3n) is 3.50. The molecule has 1 amide bonds.